The number of carbonyl (C=O) groups excluding carboxylic acids is 1. The van der Waals surface area contributed by atoms with Crippen molar-refractivity contribution in [2.75, 3.05) is 6.54 Å². The molecule has 0 aliphatic heterocycles. The smallest absolute Gasteiger partial charge is 0.237 e. The Morgan fingerprint density at radius 3 is 2.78 bits per heavy atom. The Bertz CT molecular complexity index is 350. The molecule has 1 aromatic rings. The molecule has 0 aliphatic rings. The van der Waals surface area contributed by atoms with Gasteiger partial charge < -0.3 is 15.6 Å². The largest absolute Gasteiger partial charge is 0.354 e. The van der Waals surface area contributed by atoms with E-state index in [1.807, 2.05) is 24.6 Å². The molecule has 3 unspecified atom stereocenters. The van der Waals surface area contributed by atoms with Gasteiger partial charge in [-0.1, -0.05) is 27.2 Å². The second-order valence-electron chi connectivity index (χ2n) is 5.02. The minimum atomic E-state index is -0.407. The van der Waals surface area contributed by atoms with Crippen LogP contribution in [0, 0.1) is 11.8 Å². The maximum atomic E-state index is 11.8. The van der Waals surface area contributed by atoms with Crippen LogP contribution < -0.4 is 11.1 Å². The minimum absolute atomic E-state index is 0.0539. The number of carbonyl (C=O) groups is 1. The van der Waals surface area contributed by atoms with E-state index in [4.69, 9.17) is 5.73 Å². The van der Waals surface area contributed by atoms with Gasteiger partial charge in [-0.15, -0.1) is 0 Å². The monoisotopic (exact) mass is 252 g/mol. The Kier molecular flexibility index (Phi) is 5.85. The van der Waals surface area contributed by atoms with Gasteiger partial charge in [-0.05, 0) is 11.8 Å². The first-order valence-corrected chi connectivity index (χ1v) is 6.53. The van der Waals surface area contributed by atoms with Crippen LogP contribution in [0.25, 0.3) is 0 Å². The molecule has 0 saturated heterocycles. The third-order valence-electron chi connectivity index (χ3n) is 3.27. The number of aromatic nitrogens is 2. The number of hydrogen-bond acceptors (Lipinski definition) is 3. The van der Waals surface area contributed by atoms with Gasteiger partial charge in [0.05, 0.1) is 12.4 Å². The third-order valence-corrected chi connectivity index (χ3v) is 3.27. The number of hydrogen-bond donors (Lipinski definition) is 2. The van der Waals surface area contributed by atoms with Gasteiger partial charge in [0.15, 0.2) is 0 Å². The zero-order valence-electron chi connectivity index (χ0n) is 11.5. The highest BCUT2D eigenvalue weighted by Crippen LogP contribution is 2.05. The van der Waals surface area contributed by atoms with Crippen molar-refractivity contribution in [2.24, 2.45) is 17.6 Å². The van der Waals surface area contributed by atoms with Crippen LogP contribution >= 0.6 is 0 Å². The molecule has 0 saturated carbocycles. The molecule has 1 rings (SSSR count). The van der Waals surface area contributed by atoms with Crippen molar-refractivity contribution in [3.63, 3.8) is 0 Å². The van der Waals surface area contributed by atoms with E-state index in [2.05, 4.69) is 17.2 Å². The van der Waals surface area contributed by atoms with Crippen LogP contribution in [0.3, 0.4) is 0 Å². The Labute approximate surface area is 109 Å². The van der Waals surface area contributed by atoms with E-state index in [-0.39, 0.29) is 11.8 Å². The van der Waals surface area contributed by atoms with Crippen LogP contribution in [-0.4, -0.2) is 28.0 Å². The highest BCUT2D eigenvalue weighted by molar-refractivity contribution is 5.81. The lowest BCUT2D eigenvalue weighted by Crippen LogP contribution is -2.46. The van der Waals surface area contributed by atoms with Crippen molar-refractivity contribution < 1.29 is 4.79 Å². The second-order valence-corrected chi connectivity index (χ2v) is 5.02. The molecule has 18 heavy (non-hydrogen) atoms. The first-order chi connectivity index (χ1) is 8.54. The highest BCUT2D eigenvalue weighted by Gasteiger charge is 2.19. The molecule has 0 fully saturated rings. The van der Waals surface area contributed by atoms with Crippen LogP contribution in [0.2, 0.25) is 0 Å². The molecule has 0 aromatic carbocycles. The van der Waals surface area contributed by atoms with E-state index in [1.54, 1.807) is 12.5 Å². The van der Waals surface area contributed by atoms with Crippen LogP contribution in [0.1, 0.15) is 27.2 Å². The predicted molar refractivity (Wildman–Crippen MR) is 71.8 cm³/mol. The average Bonchev–Trinajstić information content (AvgIpc) is 2.86. The summed E-state index contributed by atoms with van der Waals surface area (Å²) in [6.07, 6.45) is 6.37. The van der Waals surface area contributed by atoms with Crippen molar-refractivity contribution in [1.29, 1.82) is 0 Å². The fourth-order valence-electron chi connectivity index (χ4n) is 1.72. The molecule has 0 aliphatic carbocycles. The lowest BCUT2D eigenvalue weighted by atomic mass is 9.99. The molecule has 5 nitrogen and oxygen atoms in total. The number of rotatable bonds is 7. The molecule has 0 spiro atoms. The first kappa shape index (κ1) is 14.7. The van der Waals surface area contributed by atoms with Gasteiger partial charge in [0.2, 0.25) is 5.91 Å². The first-order valence-electron chi connectivity index (χ1n) is 6.53. The van der Waals surface area contributed by atoms with Crippen molar-refractivity contribution in [1.82, 2.24) is 14.9 Å². The summed E-state index contributed by atoms with van der Waals surface area (Å²) < 4.78 is 2.01. The van der Waals surface area contributed by atoms with Gasteiger partial charge in [0, 0.05) is 25.5 Å². The maximum Gasteiger partial charge on any atom is 0.237 e. The lowest BCUT2D eigenvalue weighted by Gasteiger charge is -2.19. The summed E-state index contributed by atoms with van der Waals surface area (Å²) in [7, 11) is 0. The zero-order valence-corrected chi connectivity index (χ0v) is 11.5. The summed E-state index contributed by atoms with van der Waals surface area (Å²) in [6.45, 7) is 7.62. The number of nitrogens with one attached hydrogen (secondary N) is 1. The Balaban J connectivity index is 2.29. The molecule has 102 valence electrons. The summed E-state index contributed by atoms with van der Waals surface area (Å²) in [5, 5.41) is 2.91. The van der Waals surface area contributed by atoms with Gasteiger partial charge in [0.25, 0.3) is 0 Å². The number of imidazole rings is 1. The standard InChI is InChI=1S/C13H24N4O/c1-4-11(3)12(14)13(18)16-7-10(2)8-17-6-5-15-9-17/h5-6,9-12H,4,7-8,14H2,1-3H3,(H,16,18). The summed E-state index contributed by atoms with van der Waals surface area (Å²) in [5.74, 6) is 0.517. The van der Waals surface area contributed by atoms with E-state index in [0.29, 0.717) is 12.5 Å². The number of amides is 1. The summed E-state index contributed by atoms with van der Waals surface area (Å²) in [6, 6.07) is -0.407. The molecule has 3 N–H and O–H groups in total. The quantitative estimate of drug-likeness (QED) is 0.760. The zero-order chi connectivity index (χ0) is 13.5. The maximum absolute atomic E-state index is 11.8. The summed E-state index contributed by atoms with van der Waals surface area (Å²) in [5.41, 5.74) is 5.87. The van der Waals surface area contributed by atoms with E-state index in [9.17, 15) is 4.79 Å². The average molecular weight is 252 g/mol. The number of nitrogens with zero attached hydrogens (tertiary/aromatic N) is 2. The molecule has 5 heteroatoms. The minimum Gasteiger partial charge on any atom is -0.354 e. The molecular formula is C13H24N4O. The summed E-state index contributed by atoms with van der Waals surface area (Å²) in [4.78, 5) is 15.8. The topological polar surface area (TPSA) is 72.9 Å². The molecule has 3 atom stereocenters. The summed E-state index contributed by atoms with van der Waals surface area (Å²) >= 11 is 0. The van der Waals surface area contributed by atoms with E-state index in [1.165, 1.54) is 0 Å². The van der Waals surface area contributed by atoms with Crippen molar-refractivity contribution in [3.05, 3.63) is 18.7 Å². The van der Waals surface area contributed by atoms with E-state index >= 15 is 0 Å². The SMILES string of the molecule is CCC(C)C(N)C(=O)NCC(C)Cn1ccnc1. The molecule has 0 radical (unpaired) electrons. The van der Waals surface area contributed by atoms with Gasteiger partial charge >= 0.3 is 0 Å². The second kappa shape index (κ2) is 7.16. The normalized spacial score (nSPS) is 16.0. The highest BCUT2D eigenvalue weighted by atomic mass is 16.2. The fraction of sp³-hybridized carbons (Fsp3) is 0.692. The lowest BCUT2D eigenvalue weighted by molar-refractivity contribution is -0.123. The van der Waals surface area contributed by atoms with E-state index < -0.39 is 6.04 Å². The van der Waals surface area contributed by atoms with Crippen molar-refractivity contribution in [3.8, 4) is 0 Å². The van der Waals surface area contributed by atoms with Gasteiger partial charge in [-0.3, -0.25) is 4.79 Å². The third kappa shape index (κ3) is 4.49. The Morgan fingerprint density at radius 2 is 2.22 bits per heavy atom. The van der Waals surface area contributed by atoms with Crippen molar-refractivity contribution >= 4 is 5.91 Å². The van der Waals surface area contributed by atoms with Gasteiger partial charge in [0.1, 0.15) is 0 Å². The van der Waals surface area contributed by atoms with Crippen LogP contribution in [0.5, 0.6) is 0 Å². The van der Waals surface area contributed by atoms with Crippen LogP contribution in [0.4, 0.5) is 0 Å². The Morgan fingerprint density at radius 1 is 1.50 bits per heavy atom. The van der Waals surface area contributed by atoms with Gasteiger partial charge in [-0.25, -0.2) is 4.98 Å². The molecule has 1 aromatic heterocycles. The van der Waals surface area contributed by atoms with Crippen LogP contribution in [0.15, 0.2) is 18.7 Å². The molecular weight excluding hydrogens is 228 g/mol. The predicted octanol–water partition coefficient (Wildman–Crippen LogP) is 1.01. The molecule has 0 bridgehead atoms. The van der Waals surface area contributed by atoms with E-state index in [0.717, 1.165) is 13.0 Å². The van der Waals surface area contributed by atoms with Crippen molar-refractivity contribution in [2.45, 2.75) is 39.8 Å². The fourth-order valence-corrected chi connectivity index (χ4v) is 1.72. The Hall–Kier alpha value is -1.36. The molecule has 1 amide bonds. The molecule has 1 heterocycles. The number of nitrogens with two attached hydrogens (primary N) is 1. The van der Waals surface area contributed by atoms with Gasteiger partial charge in [-0.2, -0.15) is 0 Å². The van der Waals surface area contributed by atoms with Crippen LogP contribution in [-0.2, 0) is 11.3 Å².